The van der Waals surface area contributed by atoms with Crippen molar-refractivity contribution in [2.24, 2.45) is 5.41 Å². The van der Waals surface area contributed by atoms with Crippen LogP contribution in [0.15, 0.2) is 47.3 Å². The van der Waals surface area contributed by atoms with Crippen LogP contribution in [0.1, 0.15) is 18.4 Å². The highest BCUT2D eigenvalue weighted by Crippen LogP contribution is 2.57. The molecule has 1 N–H and O–H groups in total. The molecule has 3 aromatic rings. The number of aromatic amines is 1. The summed E-state index contributed by atoms with van der Waals surface area (Å²) in [7, 11) is 1.72. The number of hydrogen-bond acceptors (Lipinski definition) is 3. The maximum Gasteiger partial charge on any atom is 0.405 e. The van der Waals surface area contributed by atoms with Gasteiger partial charge < -0.3 is 9.88 Å². The maximum absolute atomic E-state index is 13.1. The van der Waals surface area contributed by atoms with Crippen LogP contribution in [0.4, 0.5) is 24.7 Å². The van der Waals surface area contributed by atoms with Crippen LogP contribution in [-0.4, -0.2) is 23.2 Å². The summed E-state index contributed by atoms with van der Waals surface area (Å²) in [6, 6.07) is 11.9. The maximum atomic E-state index is 13.1. The van der Waals surface area contributed by atoms with Crippen LogP contribution in [0.25, 0.3) is 10.9 Å². The van der Waals surface area contributed by atoms with E-state index in [0.29, 0.717) is 33.0 Å². The Bertz CT molecular complexity index is 1220. The van der Waals surface area contributed by atoms with Crippen molar-refractivity contribution in [2.45, 2.75) is 19.0 Å². The molecule has 0 atom stereocenters. The summed E-state index contributed by atoms with van der Waals surface area (Å²) in [6.07, 6.45) is -4.24. The molecule has 0 saturated heterocycles. The van der Waals surface area contributed by atoms with Gasteiger partial charge in [-0.1, -0.05) is 29.5 Å². The molecule has 4 rings (SSSR count). The van der Waals surface area contributed by atoms with Gasteiger partial charge in [0.05, 0.1) is 5.52 Å². The third kappa shape index (κ3) is 3.68. The number of H-pyrrole nitrogens is 1. The summed E-state index contributed by atoms with van der Waals surface area (Å²) in [5, 5.41) is 1.16. The molecule has 2 aromatic carbocycles. The number of nitrogens with zero attached hydrogens (tertiary/aromatic N) is 2. The van der Waals surface area contributed by atoms with E-state index in [-0.39, 0.29) is 12.8 Å². The Morgan fingerprint density at radius 3 is 2.66 bits per heavy atom. The minimum Gasteiger partial charge on any atom is -0.329 e. The van der Waals surface area contributed by atoms with E-state index < -0.39 is 17.3 Å². The molecule has 1 aliphatic rings. The lowest BCUT2D eigenvalue weighted by Crippen LogP contribution is -2.22. The normalized spacial score (nSPS) is 14.9. The van der Waals surface area contributed by atoms with Crippen molar-refractivity contribution in [1.29, 1.82) is 0 Å². The molecule has 0 aliphatic heterocycles. The van der Waals surface area contributed by atoms with Crippen LogP contribution in [-0.2, 0) is 0 Å². The Labute approximate surface area is 169 Å². The molecule has 0 unspecified atom stereocenters. The van der Waals surface area contributed by atoms with Gasteiger partial charge in [0.2, 0.25) is 0 Å². The first-order chi connectivity index (χ1) is 13.7. The van der Waals surface area contributed by atoms with Gasteiger partial charge in [-0.2, -0.15) is 18.2 Å². The van der Waals surface area contributed by atoms with Crippen LogP contribution < -0.4 is 10.6 Å². The summed E-state index contributed by atoms with van der Waals surface area (Å²) >= 11 is 6.00. The zero-order chi connectivity index (χ0) is 20.8. The number of hydrogen-bond donors (Lipinski definition) is 1. The van der Waals surface area contributed by atoms with Gasteiger partial charge in [0.15, 0.2) is 0 Å². The third-order valence-corrected chi connectivity index (χ3v) is 5.20. The van der Waals surface area contributed by atoms with E-state index in [2.05, 4.69) is 21.8 Å². The van der Waals surface area contributed by atoms with Crippen LogP contribution >= 0.6 is 11.6 Å². The van der Waals surface area contributed by atoms with Crippen molar-refractivity contribution < 1.29 is 13.2 Å². The Morgan fingerprint density at radius 2 is 1.97 bits per heavy atom. The first kappa shape index (κ1) is 19.3. The molecular weight excluding hydrogens is 403 g/mol. The Morgan fingerprint density at radius 1 is 1.21 bits per heavy atom. The number of aromatic nitrogens is 2. The number of fused-ring (bicyclic) bond motifs is 1. The molecule has 0 radical (unpaired) electrons. The number of alkyl halides is 3. The molecule has 148 valence electrons. The Hall–Kier alpha value is -2.98. The van der Waals surface area contributed by atoms with Crippen molar-refractivity contribution in [2.75, 3.05) is 11.9 Å². The first-order valence-electron chi connectivity index (χ1n) is 8.82. The minimum atomic E-state index is -4.32. The summed E-state index contributed by atoms with van der Waals surface area (Å²) < 4.78 is 39.2. The lowest BCUT2D eigenvalue weighted by atomic mass is 10.1. The predicted octanol–water partition coefficient (Wildman–Crippen LogP) is 5.04. The second kappa shape index (κ2) is 6.82. The lowest BCUT2D eigenvalue weighted by molar-refractivity contribution is -0.168. The van der Waals surface area contributed by atoms with Gasteiger partial charge in [0, 0.05) is 28.7 Å². The molecular formula is C21H15ClF3N3O. The second-order valence-corrected chi connectivity index (χ2v) is 7.43. The molecule has 0 bridgehead atoms. The SMILES string of the molecule is CN(c1cccc(C#CC2(C(F)(F)F)CC2)c1)c1nc(=O)[nH]c2cc(Cl)ccc12. The highest BCUT2D eigenvalue weighted by Gasteiger charge is 2.62. The third-order valence-electron chi connectivity index (χ3n) is 4.96. The van der Waals surface area contributed by atoms with Crippen molar-refractivity contribution >= 4 is 34.0 Å². The highest BCUT2D eigenvalue weighted by atomic mass is 35.5. The second-order valence-electron chi connectivity index (χ2n) is 6.99. The van der Waals surface area contributed by atoms with Gasteiger partial charge in [-0.25, -0.2) is 4.79 Å². The van der Waals surface area contributed by atoms with Crippen LogP contribution in [0.5, 0.6) is 0 Å². The van der Waals surface area contributed by atoms with Gasteiger partial charge in [0.1, 0.15) is 11.2 Å². The predicted molar refractivity (Wildman–Crippen MR) is 106 cm³/mol. The standard InChI is InChI=1S/C21H15ClF3N3O/c1-28(18-16-6-5-14(22)12-17(16)26-19(29)27-18)15-4-2-3-13(11-15)7-8-20(9-10-20)21(23,24)25/h2-6,11-12H,9-10H2,1H3,(H,26,27,29). The monoisotopic (exact) mass is 417 g/mol. The summed E-state index contributed by atoms with van der Waals surface area (Å²) in [5.74, 6) is 5.46. The zero-order valence-electron chi connectivity index (χ0n) is 15.3. The smallest absolute Gasteiger partial charge is 0.329 e. The average molecular weight is 418 g/mol. The van der Waals surface area contributed by atoms with Crippen molar-refractivity contribution in [3.63, 3.8) is 0 Å². The number of halogens is 4. The topological polar surface area (TPSA) is 49.0 Å². The van der Waals surface area contributed by atoms with Crippen molar-refractivity contribution in [3.8, 4) is 11.8 Å². The minimum absolute atomic E-state index is 0.0361. The van der Waals surface area contributed by atoms with Gasteiger partial charge >= 0.3 is 11.9 Å². The molecule has 1 saturated carbocycles. The summed E-state index contributed by atoms with van der Waals surface area (Å²) in [5.41, 5.74) is -0.766. The van der Waals surface area contributed by atoms with E-state index in [1.165, 1.54) is 0 Å². The van der Waals surface area contributed by atoms with Crippen LogP contribution in [0.3, 0.4) is 0 Å². The van der Waals surface area contributed by atoms with E-state index in [1.54, 1.807) is 54.4 Å². The van der Waals surface area contributed by atoms with Gasteiger partial charge in [-0.3, -0.25) is 0 Å². The molecule has 4 nitrogen and oxygen atoms in total. The molecule has 1 aliphatic carbocycles. The highest BCUT2D eigenvalue weighted by molar-refractivity contribution is 6.31. The fourth-order valence-corrected chi connectivity index (χ4v) is 3.25. The average Bonchev–Trinajstić information content (AvgIpc) is 3.46. The molecule has 29 heavy (non-hydrogen) atoms. The lowest BCUT2D eigenvalue weighted by Gasteiger charge is -2.20. The van der Waals surface area contributed by atoms with Crippen molar-refractivity contribution in [3.05, 3.63) is 63.5 Å². The fraction of sp³-hybridized carbons (Fsp3) is 0.238. The quantitative estimate of drug-likeness (QED) is 0.594. The van der Waals surface area contributed by atoms with E-state index in [1.807, 2.05) is 0 Å². The first-order valence-corrected chi connectivity index (χ1v) is 9.20. The number of nitrogens with one attached hydrogen (secondary N) is 1. The summed E-state index contributed by atoms with van der Waals surface area (Å²) in [6.45, 7) is 0. The molecule has 1 aromatic heterocycles. The largest absolute Gasteiger partial charge is 0.405 e. The summed E-state index contributed by atoms with van der Waals surface area (Å²) in [4.78, 5) is 20.3. The number of anilines is 2. The van der Waals surface area contributed by atoms with E-state index in [4.69, 9.17) is 11.6 Å². The number of benzene rings is 2. The van der Waals surface area contributed by atoms with Crippen molar-refractivity contribution in [1.82, 2.24) is 9.97 Å². The molecule has 1 fully saturated rings. The van der Waals surface area contributed by atoms with Crippen LogP contribution in [0, 0.1) is 17.3 Å². The molecule has 0 spiro atoms. The van der Waals surface area contributed by atoms with E-state index in [9.17, 15) is 18.0 Å². The Balaban J connectivity index is 1.72. The molecule has 1 heterocycles. The van der Waals surface area contributed by atoms with Gasteiger partial charge in [-0.05, 0) is 49.2 Å². The fourth-order valence-electron chi connectivity index (χ4n) is 3.08. The van der Waals surface area contributed by atoms with Gasteiger partial charge in [0.25, 0.3) is 0 Å². The van der Waals surface area contributed by atoms with Gasteiger partial charge in [-0.15, -0.1) is 0 Å². The van der Waals surface area contributed by atoms with Crippen LogP contribution in [0.2, 0.25) is 5.02 Å². The molecule has 8 heteroatoms. The Kier molecular flexibility index (Phi) is 4.55. The number of rotatable bonds is 2. The van der Waals surface area contributed by atoms with E-state index >= 15 is 0 Å². The molecule has 0 amide bonds. The zero-order valence-corrected chi connectivity index (χ0v) is 16.0. The van der Waals surface area contributed by atoms with E-state index in [0.717, 1.165) is 0 Å².